The highest BCUT2D eigenvalue weighted by molar-refractivity contribution is 5.83. The van der Waals surface area contributed by atoms with Crippen LogP contribution in [0.2, 0.25) is 0 Å². The van der Waals surface area contributed by atoms with Crippen molar-refractivity contribution in [2.75, 3.05) is 13.1 Å². The highest BCUT2D eigenvalue weighted by Gasteiger charge is 2.19. The highest BCUT2D eigenvalue weighted by Crippen LogP contribution is 2.21. The summed E-state index contributed by atoms with van der Waals surface area (Å²) in [5.74, 6) is -0.691. The number of aromatic hydroxyl groups is 1. The molecule has 3 aromatic rings. The normalized spacial score (nSPS) is 15.6. The summed E-state index contributed by atoms with van der Waals surface area (Å²) < 4.78 is 15.5. The molecule has 0 saturated heterocycles. The van der Waals surface area contributed by atoms with Crippen molar-refractivity contribution in [3.05, 3.63) is 76.0 Å². The van der Waals surface area contributed by atoms with Crippen LogP contribution in [0.25, 0.3) is 10.8 Å². The zero-order valence-corrected chi connectivity index (χ0v) is 14.8. The second-order valence-electron chi connectivity index (χ2n) is 7.07. The minimum atomic E-state index is -0.790. The van der Waals surface area contributed by atoms with Crippen molar-refractivity contribution < 1.29 is 14.6 Å². The lowest BCUT2D eigenvalue weighted by atomic mass is 10.00. The number of aliphatic hydroxyl groups excluding tert-OH is 1. The second-order valence-corrected chi connectivity index (χ2v) is 7.07. The van der Waals surface area contributed by atoms with Gasteiger partial charge in [-0.05, 0) is 35.7 Å². The molecule has 2 N–H and O–H groups in total. The average Bonchev–Trinajstić information content (AvgIpc) is 2.65. The summed E-state index contributed by atoms with van der Waals surface area (Å²) in [5.41, 5.74) is 2.21. The van der Waals surface area contributed by atoms with Crippen molar-refractivity contribution in [1.29, 1.82) is 0 Å². The Bertz CT molecular complexity index is 1050. The molecule has 2 heterocycles. The minimum absolute atomic E-state index is 0.0186. The van der Waals surface area contributed by atoms with E-state index in [0.717, 1.165) is 25.7 Å². The first kappa shape index (κ1) is 17.7. The Hall–Kier alpha value is -2.70. The van der Waals surface area contributed by atoms with E-state index >= 15 is 0 Å². The van der Waals surface area contributed by atoms with Crippen LogP contribution in [0.15, 0.2) is 53.5 Å². The first-order chi connectivity index (χ1) is 13.0. The highest BCUT2D eigenvalue weighted by atomic mass is 19.1. The fourth-order valence-corrected chi connectivity index (χ4v) is 3.76. The maximum absolute atomic E-state index is 14.3. The van der Waals surface area contributed by atoms with Crippen LogP contribution in [-0.4, -0.2) is 38.9 Å². The van der Waals surface area contributed by atoms with E-state index in [2.05, 4.69) is 17.0 Å². The summed E-state index contributed by atoms with van der Waals surface area (Å²) in [4.78, 5) is 14.7. The Morgan fingerprint density at radius 3 is 2.67 bits per heavy atom. The van der Waals surface area contributed by atoms with Gasteiger partial charge in [0.2, 0.25) is 0 Å². The van der Waals surface area contributed by atoms with E-state index in [9.17, 15) is 19.4 Å². The van der Waals surface area contributed by atoms with Gasteiger partial charge in [-0.25, -0.2) is 4.39 Å². The van der Waals surface area contributed by atoms with E-state index in [1.54, 1.807) is 0 Å². The van der Waals surface area contributed by atoms with Crippen molar-refractivity contribution in [2.24, 2.45) is 0 Å². The summed E-state index contributed by atoms with van der Waals surface area (Å²) >= 11 is 0. The number of fused-ring (bicyclic) bond motifs is 2. The first-order valence-corrected chi connectivity index (χ1v) is 9.00. The smallest absolute Gasteiger partial charge is 0.258 e. The number of phenols is 1. The fraction of sp³-hybridized carbons (Fsp3) is 0.286. The molecule has 0 saturated carbocycles. The summed E-state index contributed by atoms with van der Waals surface area (Å²) in [6.45, 7) is 2.03. The number of aromatic nitrogens is 1. The van der Waals surface area contributed by atoms with Crippen molar-refractivity contribution in [1.82, 2.24) is 9.47 Å². The Morgan fingerprint density at radius 1 is 1.07 bits per heavy atom. The quantitative estimate of drug-likeness (QED) is 0.742. The second kappa shape index (κ2) is 7.13. The number of halogens is 1. The number of pyridine rings is 1. The van der Waals surface area contributed by atoms with Gasteiger partial charge in [0.05, 0.1) is 18.0 Å². The lowest BCUT2D eigenvalue weighted by molar-refractivity contribution is 0.0909. The molecule has 1 aromatic heterocycles. The van der Waals surface area contributed by atoms with E-state index in [1.807, 2.05) is 12.1 Å². The largest absolute Gasteiger partial charge is 0.508 e. The van der Waals surface area contributed by atoms with Crippen molar-refractivity contribution in [3.8, 4) is 5.75 Å². The van der Waals surface area contributed by atoms with Gasteiger partial charge in [-0.15, -0.1) is 0 Å². The van der Waals surface area contributed by atoms with Gasteiger partial charge in [-0.3, -0.25) is 9.69 Å². The van der Waals surface area contributed by atoms with Crippen LogP contribution in [-0.2, 0) is 19.5 Å². The van der Waals surface area contributed by atoms with Crippen molar-refractivity contribution in [2.45, 2.75) is 25.6 Å². The molecule has 0 unspecified atom stereocenters. The average molecular weight is 368 g/mol. The van der Waals surface area contributed by atoms with Gasteiger partial charge in [0.1, 0.15) is 11.6 Å². The molecule has 1 aliphatic heterocycles. The molecule has 27 heavy (non-hydrogen) atoms. The molecule has 0 spiro atoms. The van der Waals surface area contributed by atoms with Gasteiger partial charge in [0.25, 0.3) is 5.56 Å². The van der Waals surface area contributed by atoms with Gasteiger partial charge < -0.3 is 14.8 Å². The molecule has 0 radical (unpaired) electrons. The number of hydrogen-bond donors (Lipinski definition) is 2. The number of phenolic OH excluding ortho intramolecular Hbond substituents is 1. The number of aliphatic hydroxyl groups is 1. The molecule has 0 aliphatic carbocycles. The Labute approximate surface area is 155 Å². The number of nitrogens with zero attached hydrogens (tertiary/aromatic N) is 2. The monoisotopic (exact) mass is 368 g/mol. The predicted molar refractivity (Wildman–Crippen MR) is 101 cm³/mol. The molecule has 5 nitrogen and oxygen atoms in total. The standard InChI is InChI=1S/C21H21FN2O3/c22-20-13-24(21(27)18-6-5-16(25)9-19(18)20)12-17(26)11-23-8-7-14-3-1-2-4-15(14)10-23/h1-6,9,13,17,25-26H,7-8,10-12H2/t17-/m1/s1. The Balaban J connectivity index is 1.50. The molecule has 4 rings (SSSR count). The molecule has 1 atom stereocenters. The number of benzene rings is 2. The van der Waals surface area contributed by atoms with Crippen LogP contribution >= 0.6 is 0 Å². The molecule has 1 aliphatic rings. The van der Waals surface area contributed by atoms with Crippen molar-refractivity contribution in [3.63, 3.8) is 0 Å². The van der Waals surface area contributed by atoms with Crippen LogP contribution in [0.1, 0.15) is 11.1 Å². The molecule has 0 bridgehead atoms. The van der Waals surface area contributed by atoms with E-state index in [4.69, 9.17) is 0 Å². The first-order valence-electron chi connectivity index (χ1n) is 9.00. The molecular weight excluding hydrogens is 347 g/mol. The lowest BCUT2D eigenvalue weighted by Crippen LogP contribution is -2.39. The van der Waals surface area contributed by atoms with E-state index < -0.39 is 11.9 Å². The maximum atomic E-state index is 14.3. The third kappa shape index (κ3) is 3.59. The molecular formula is C21H21FN2O3. The Morgan fingerprint density at radius 2 is 1.85 bits per heavy atom. The number of rotatable bonds is 4. The van der Waals surface area contributed by atoms with Gasteiger partial charge in [0.15, 0.2) is 0 Å². The van der Waals surface area contributed by atoms with Crippen LogP contribution in [0, 0.1) is 5.82 Å². The zero-order chi connectivity index (χ0) is 19.0. The zero-order valence-electron chi connectivity index (χ0n) is 14.8. The van der Waals surface area contributed by atoms with Crippen LogP contribution < -0.4 is 5.56 Å². The lowest BCUT2D eigenvalue weighted by Gasteiger charge is -2.30. The van der Waals surface area contributed by atoms with E-state index in [0.29, 0.717) is 6.54 Å². The van der Waals surface area contributed by atoms with Gasteiger partial charge in [0, 0.05) is 31.2 Å². The summed E-state index contributed by atoms with van der Waals surface area (Å²) in [5, 5.41) is 20.2. The molecule has 140 valence electrons. The number of hydrogen-bond acceptors (Lipinski definition) is 4. The SMILES string of the molecule is O=c1c2ccc(O)cc2c(F)cn1C[C@H](O)CN1CCc2ccccc2C1. The topological polar surface area (TPSA) is 65.7 Å². The molecule has 2 aromatic carbocycles. The summed E-state index contributed by atoms with van der Waals surface area (Å²) in [7, 11) is 0. The molecule has 0 fully saturated rings. The van der Waals surface area contributed by atoms with Crippen LogP contribution in [0.3, 0.4) is 0 Å². The Kier molecular flexibility index (Phi) is 4.68. The predicted octanol–water partition coefficient (Wildman–Crippen LogP) is 2.27. The van der Waals surface area contributed by atoms with E-state index in [-0.39, 0.29) is 28.6 Å². The van der Waals surface area contributed by atoms with Gasteiger partial charge >= 0.3 is 0 Å². The maximum Gasteiger partial charge on any atom is 0.258 e. The number of β-amino-alcohol motifs (C(OH)–C–C–N with tert-alkyl or cyclic N) is 1. The van der Waals surface area contributed by atoms with Crippen molar-refractivity contribution >= 4 is 10.8 Å². The van der Waals surface area contributed by atoms with Gasteiger partial charge in [-0.1, -0.05) is 24.3 Å². The minimum Gasteiger partial charge on any atom is -0.508 e. The van der Waals surface area contributed by atoms with Crippen LogP contribution in [0.5, 0.6) is 5.75 Å². The summed E-state index contributed by atoms with van der Waals surface area (Å²) in [6, 6.07) is 12.2. The third-order valence-corrected chi connectivity index (χ3v) is 5.11. The summed E-state index contributed by atoms with van der Waals surface area (Å²) in [6.07, 6.45) is 1.23. The van der Waals surface area contributed by atoms with Gasteiger partial charge in [-0.2, -0.15) is 0 Å². The van der Waals surface area contributed by atoms with Crippen LogP contribution in [0.4, 0.5) is 4.39 Å². The van der Waals surface area contributed by atoms with E-state index in [1.165, 1.54) is 33.9 Å². The molecule has 6 heteroatoms. The fourth-order valence-electron chi connectivity index (χ4n) is 3.76. The third-order valence-electron chi connectivity index (χ3n) is 5.11. The molecule has 0 amide bonds.